The Morgan fingerprint density at radius 1 is 1.09 bits per heavy atom. The summed E-state index contributed by atoms with van der Waals surface area (Å²) in [6.45, 7) is 1.76. The predicted octanol–water partition coefficient (Wildman–Crippen LogP) is 1.65. The number of nitrogens with zero attached hydrogens (tertiary/aromatic N) is 2. The molecule has 1 saturated carbocycles. The van der Waals surface area contributed by atoms with E-state index in [0.717, 1.165) is 17.7 Å². The Morgan fingerprint density at radius 3 is 2.18 bits per heavy atom. The van der Waals surface area contributed by atoms with Crippen molar-refractivity contribution in [1.29, 1.82) is 0 Å². The second kappa shape index (κ2) is 6.22. The maximum absolute atomic E-state index is 12.6. The Hall–Kier alpha value is -1.05. The molecule has 0 atom stereocenters. The first-order valence-electron chi connectivity index (χ1n) is 7.45. The van der Waals surface area contributed by atoms with Crippen molar-refractivity contribution in [2.45, 2.75) is 22.6 Å². The lowest BCUT2D eigenvalue weighted by Gasteiger charge is -2.34. The largest absolute Gasteiger partial charge is 0.340 e. The number of sulfonamides is 1. The summed E-state index contributed by atoms with van der Waals surface area (Å²) < 4.78 is 26.7. The molecule has 1 aromatic rings. The van der Waals surface area contributed by atoms with Crippen LogP contribution in [0, 0.1) is 5.92 Å². The lowest BCUT2D eigenvalue weighted by atomic mass is 10.3. The Bertz CT molecular complexity index is 646. The van der Waals surface area contributed by atoms with Gasteiger partial charge in [-0.3, -0.25) is 4.79 Å². The summed E-state index contributed by atoms with van der Waals surface area (Å²) in [5.74, 6) is 0.392. The van der Waals surface area contributed by atoms with Crippen LogP contribution < -0.4 is 0 Å². The van der Waals surface area contributed by atoms with Crippen molar-refractivity contribution in [2.24, 2.45) is 5.92 Å². The van der Waals surface area contributed by atoms with Crippen LogP contribution in [0.5, 0.6) is 0 Å². The molecule has 0 aromatic heterocycles. The number of benzene rings is 1. The molecule has 1 saturated heterocycles. The number of carbonyl (C=O) groups is 1. The highest BCUT2D eigenvalue weighted by molar-refractivity contribution is 7.98. The van der Waals surface area contributed by atoms with Crippen molar-refractivity contribution in [1.82, 2.24) is 9.21 Å². The zero-order valence-electron chi connectivity index (χ0n) is 12.6. The van der Waals surface area contributed by atoms with Gasteiger partial charge in [0.05, 0.1) is 4.90 Å². The van der Waals surface area contributed by atoms with Gasteiger partial charge in [-0.2, -0.15) is 4.31 Å². The van der Waals surface area contributed by atoms with Gasteiger partial charge in [0.15, 0.2) is 0 Å². The molecule has 1 aliphatic heterocycles. The Labute approximate surface area is 135 Å². The molecule has 3 rings (SSSR count). The fourth-order valence-corrected chi connectivity index (χ4v) is 4.46. The third kappa shape index (κ3) is 3.16. The zero-order valence-corrected chi connectivity index (χ0v) is 14.2. The number of carbonyl (C=O) groups excluding carboxylic acids is 1. The molecule has 1 heterocycles. The molecule has 1 aliphatic carbocycles. The van der Waals surface area contributed by atoms with Crippen LogP contribution >= 0.6 is 11.8 Å². The lowest BCUT2D eigenvalue weighted by Crippen LogP contribution is -2.50. The molecular weight excluding hydrogens is 320 g/mol. The van der Waals surface area contributed by atoms with Gasteiger partial charge in [-0.25, -0.2) is 8.42 Å². The SMILES string of the molecule is CSc1ccc(S(=O)(=O)N2CCN(C(=O)C3CC3)CC2)cc1. The fraction of sp³-hybridized carbons (Fsp3) is 0.533. The molecule has 120 valence electrons. The predicted molar refractivity (Wildman–Crippen MR) is 86.3 cm³/mol. The minimum atomic E-state index is -3.45. The summed E-state index contributed by atoms with van der Waals surface area (Å²) in [4.78, 5) is 15.2. The Kier molecular flexibility index (Phi) is 4.47. The molecule has 7 heteroatoms. The molecule has 22 heavy (non-hydrogen) atoms. The van der Waals surface area contributed by atoms with Crippen LogP contribution in [0.25, 0.3) is 0 Å². The molecule has 0 bridgehead atoms. The minimum Gasteiger partial charge on any atom is -0.340 e. The molecule has 2 aliphatic rings. The van der Waals surface area contributed by atoms with Crippen molar-refractivity contribution in [3.05, 3.63) is 24.3 Å². The van der Waals surface area contributed by atoms with Gasteiger partial charge >= 0.3 is 0 Å². The smallest absolute Gasteiger partial charge is 0.243 e. The van der Waals surface area contributed by atoms with Crippen LogP contribution in [0.4, 0.5) is 0 Å². The number of thioether (sulfide) groups is 1. The molecule has 0 N–H and O–H groups in total. The van der Waals surface area contributed by atoms with E-state index in [-0.39, 0.29) is 11.8 Å². The maximum atomic E-state index is 12.6. The van der Waals surface area contributed by atoms with Crippen molar-refractivity contribution in [3.8, 4) is 0 Å². The van der Waals surface area contributed by atoms with E-state index in [1.807, 2.05) is 18.4 Å². The van der Waals surface area contributed by atoms with Crippen LogP contribution in [-0.4, -0.2) is 56.0 Å². The molecule has 0 radical (unpaired) electrons. The standard InChI is InChI=1S/C15H20N2O3S2/c1-21-13-4-6-14(7-5-13)22(19,20)17-10-8-16(9-11-17)15(18)12-2-3-12/h4-7,12H,2-3,8-11H2,1H3. The van der Waals surface area contributed by atoms with Gasteiger partial charge < -0.3 is 4.90 Å². The second-order valence-electron chi connectivity index (χ2n) is 5.68. The summed E-state index contributed by atoms with van der Waals surface area (Å²) in [6, 6.07) is 6.96. The van der Waals surface area contributed by atoms with Gasteiger partial charge in [0.1, 0.15) is 0 Å². The van der Waals surface area contributed by atoms with Gasteiger partial charge in [0, 0.05) is 37.0 Å². The Morgan fingerprint density at radius 2 is 1.68 bits per heavy atom. The highest BCUT2D eigenvalue weighted by atomic mass is 32.2. The van der Waals surface area contributed by atoms with Crippen molar-refractivity contribution in [2.75, 3.05) is 32.4 Å². The summed E-state index contributed by atoms with van der Waals surface area (Å²) in [7, 11) is -3.45. The molecule has 0 spiro atoms. The monoisotopic (exact) mass is 340 g/mol. The third-order valence-electron chi connectivity index (χ3n) is 4.17. The first kappa shape index (κ1) is 15.8. The van der Waals surface area contributed by atoms with Gasteiger partial charge in [-0.15, -0.1) is 11.8 Å². The number of hydrogen-bond donors (Lipinski definition) is 0. The normalized spacial score (nSPS) is 20.1. The number of hydrogen-bond acceptors (Lipinski definition) is 4. The molecule has 1 amide bonds. The topological polar surface area (TPSA) is 57.7 Å². The first-order valence-corrected chi connectivity index (χ1v) is 10.1. The van der Waals surface area contributed by atoms with Gasteiger partial charge in [-0.05, 0) is 43.4 Å². The Balaban J connectivity index is 1.67. The number of piperazine rings is 1. The third-order valence-corrected chi connectivity index (χ3v) is 6.83. The van der Waals surface area contributed by atoms with Crippen LogP contribution in [0.2, 0.25) is 0 Å². The summed E-state index contributed by atoms with van der Waals surface area (Å²) in [6.07, 6.45) is 3.93. The molecule has 0 unspecified atom stereocenters. The van der Waals surface area contributed by atoms with Crippen molar-refractivity contribution < 1.29 is 13.2 Å². The fourth-order valence-electron chi connectivity index (χ4n) is 2.63. The van der Waals surface area contributed by atoms with E-state index < -0.39 is 10.0 Å². The first-order chi connectivity index (χ1) is 10.5. The van der Waals surface area contributed by atoms with E-state index in [0.29, 0.717) is 31.1 Å². The van der Waals surface area contributed by atoms with Gasteiger partial charge in [-0.1, -0.05) is 0 Å². The lowest BCUT2D eigenvalue weighted by molar-refractivity contribution is -0.133. The highest BCUT2D eigenvalue weighted by Crippen LogP contribution is 2.31. The van der Waals surface area contributed by atoms with Gasteiger partial charge in [0.25, 0.3) is 0 Å². The summed E-state index contributed by atoms with van der Waals surface area (Å²) >= 11 is 1.58. The summed E-state index contributed by atoms with van der Waals surface area (Å²) in [5.41, 5.74) is 0. The van der Waals surface area contributed by atoms with Gasteiger partial charge in [0.2, 0.25) is 15.9 Å². The quantitative estimate of drug-likeness (QED) is 0.782. The molecular formula is C15H20N2O3S2. The van der Waals surface area contributed by atoms with E-state index in [2.05, 4.69) is 0 Å². The van der Waals surface area contributed by atoms with Crippen molar-refractivity contribution in [3.63, 3.8) is 0 Å². The van der Waals surface area contributed by atoms with Crippen LogP contribution in [0.3, 0.4) is 0 Å². The van der Waals surface area contributed by atoms with E-state index in [9.17, 15) is 13.2 Å². The van der Waals surface area contributed by atoms with Crippen LogP contribution in [0.15, 0.2) is 34.1 Å². The molecule has 5 nitrogen and oxygen atoms in total. The van der Waals surface area contributed by atoms with Crippen molar-refractivity contribution >= 4 is 27.7 Å². The van der Waals surface area contributed by atoms with E-state index in [1.165, 1.54) is 4.31 Å². The zero-order chi connectivity index (χ0) is 15.7. The maximum Gasteiger partial charge on any atom is 0.243 e. The average Bonchev–Trinajstić information content (AvgIpc) is 3.39. The summed E-state index contributed by atoms with van der Waals surface area (Å²) in [5, 5.41) is 0. The average molecular weight is 340 g/mol. The minimum absolute atomic E-state index is 0.196. The van der Waals surface area contributed by atoms with E-state index >= 15 is 0 Å². The van der Waals surface area contributed by atoms with E-state index in [4.69, 9.17) is 0 Å². The molecule has 1 aromatic carbocycles. The highest BCUT2D eigenvalue weighted by Gasteiger charge is 2.36. The second-order valence-corrected chi connectivity index (χ2v) is 8.50. The van der Waals surface area contributed by atoms with Crippen LogP contribution in [-0.2, 0) is 14.8 Å². The van der Waals surface area contributed by atoms with E-state index in [1.54, 1.807) is 28.8 Å². The molecule has 2 fully saturated rings. The number of amides is 1. The van der Waals surface area contributed by atoms with Crippen LogP contribution in [0.1, 0.15) is 12.8 Å². The number of rotatable bonds is 4.